The zero-order valence-corrected chi connectivity index (χ0v) is 20.7. The van der Waals surface area contributed by atoms with Crippen molar-refractivity contribution in [3.63, 3.8) is 0 Å². The van der Waals surface area contributed by atoms with Crippen molar-refractivity contribution in [2.24, 2.45) is 5.92 Å². The van der Waals surface area contributed by atoms with E-state index in [0.29, 0.717) is 31.0 Å². The first-order valence-electron chi connectivity index (χ1n) is 12.2. The average molecular weight is 487 g/mol. The maximum absolute atomic E-state index is 13.1. The lowest BCUT2D eigenvalue weighted by atomic mass is 10.00. The maximum atomic E-state index is 13.1. The molecule has 1 atom stereocenters. The van der Waals surface area contributed by atoms with Gasteiger partial charge in [0.1, 0.15) is 18.1 Å². The number of aromatic nitrogens is 5. The number of hydrogen-bond donors (Lipinski definition) is 1. The molecule has 0 unspecified atom stereocenters. The number of nitrogens with zero attached hydrogens (tertiary/aromatic N) is 5. The Morgan fingerprint density at radius 1 is 1.03 bits per heavy atom. The van der Waals surface area contributed by atoms with Crippen LogP contribution in [-0.4, -0.2) is 30.1 Å². The number of furan rings is 2. The molecule has 1 N–H and O–H groups in total. The highest BCUT2D eigenvalue weighted by molar-refractivity contribution is 5.79. The zero-order chi connectivity index (χ0) is 25.1. The summed E-state index contributed by atoms with van der Waals surface area (Å²) in [6.45, 7) is 7.70. The molecule has 4 aromatic heterocycles. The van der Waals surface area contributed by atoms with Gasteiger partial charge in [0.2, 0.25) is 0 Å². The van der Waals surface area contributed by atoms with E-state index in [9.17, 15) is 4.79 Å². The van der Waals surface area contributed by atoms with Crippen molar-refractivity contribution < 1.29 is 8.83 Å². The number of H-pyrrole nitrogens is 1. The summed E-state index contributed by atoms with van der Waals surface area (Å²) in [5.74, 6) is 2.42. The summed E-state index contributed by atoms with van der Waals surface area (Å²) in [5, 5.41) is 13.6. The molecule has 186 valence electrons. The van der Waals surface area contributed by atoms with Gasteiger partial charge in [-0.1, -0.05) is 26.8 Å². The van der Waals surface area contributed by atoms with E-state index < -0.39 is 0 Å². The van der Waals surface area contributed by atoms with Gasteiger partial charge in [0.25, 0.3) is 5.56 Å². The van der Waals surface area contributed by atoms with Gasteiger partial charge in [0.15, 0.2) is 5.82 Å². The Bertz CT molecular complexity index is 1470. The van der Waals surface area contributed by atoms with Crippen LogP contribution in [-0.2, 0) is 26.1 Å². The molecule has 0 amide bonds. The smallest absolute Gasteiger partial charge is 0.252 e. The molecule has 9 heteroatoms. The summed E-state index contributed by atoms with van der Waals surface area (Å²) in [5.41, 5.74) is 2.64. The average Bonchev–Trinajstić information content (AvgIpc) is 3.64. The van der Waals surface area contributed by atoms with Gasteiger partial charge in [-0.2, -0.15) is 0 Å². The van der Waals surface area contributed by atoms with Crippen LogP contribution in [0.15, 0.2) is 74.7 Å². The minimum atomic E-state index is -0.183. The number of fused-ring (bicyclic) bond motifs is 1. The normalized spacial score (nSPS) is 12.7. The quantitative estimate of drug-likeness (QED) is 0.305. The van der Waals surface area contributed by atoms with Crippen LogP contribution in [0.1, 0.15) is 55.3 Å². The molecule has 0 aliphatic heterocycles. The van der Waals surface area contributed by atoms with Gasteiger partial charge in [-0.15, -0.1) is 5.10 Å². The summed E-state index contributed by atoms with van der Waals surface area (Å²) in [4.78, 5) is 18.4. The van der Waals surface area contributed by atoms with Crippen molar-refractivity contribution >= 4 is 10.9 Å². The molecule has 0 aliphatic carbocycles. The second-order valence-electron chi connectivity index (χ2n) is 9.35. The standard InChI is InChI=1S/C27H30N6O3/c1-4-19-9-10-24-20(13-19)14-21(27(34)28-24)15-32(16-22-7-5-11-35-22)25(18(2)3)26-29-30-31-33(26)17-23-8-6-12-36-23/h5-14,18,25H,4,15-17H2,1-3H3,(H,28,34)/t25-/m1/s1. The van der Waals surface area contributed by atoms with Crippen LogP contribution in [0.4, 0.5) is 0 Å². The number of aryl methyl sites for hydroxylation is 1. The predicted molar refractivity (Wildman–Crippen MR) is 135 cm³/mol. The molecule has 5 rings (SSSR count). The molecule has 0 saturated heterocycles. The number of aromatic amines is 1. The van der Waals surface area contributed by atoms with Crippen LogP contribution in [0.5, 0.6) is 0 Å². The number of pyridine rings is 1. The summed E-state index contributed by atoms with van der Waals surface area (Å²) >= 11 is 0. The predicted octanol–water partition coefficient (Wildman–Crippen LogP) is 4.71. The van der Waals surface area contributed by atoms with Crippen LogP contribution in [0.25, 0.3) is 10.9 Å². The molecular weight excluding hydrogens is 456 g/mol. The first kappa shape index (κ1) is 23.7. The molecule has 0 radical (unpaired) electrons. The third-order valence-corrected chi connectivity index (χ3v) is 6.44. The van der Waals surface area contributed by atoms with Gasteiger partial charge in [-0.3, -0.25) is 9.69 Å². The lowest BCUT2D eigenvalue weighted by Gasteiger charge is -2.32. The first-order valence-corrected chi connectivity index (χ1v) is 12.2. The van der Waals surface area contributed by atoms with Crippen molar-refractivity contribution in [3.8, 4) is 0 Å². The second-order valence-corrected chi connectivity index (χ2v) is 9.35. The third-order valence-electron chi connectivity index (χ3n) is 6.44. The molecule has 9 nitrogen and oxygen atoms in total. The fraction of sp³-hybridized carbons (Fsp3) is 0.333. The van der Waals surface area contributed by atoms with E-state index in [1.54, 1.807) is 17.2 Å². The molecule has 0 saturated carbocycles. The van der Waals surface area contributed by atoms with Gasteiger partial charge in [0, 0.05) is 17.6 Å². The molecule has 4 heterocycles. The van der Waals surface area contributed by atoms with Crippen LogP contribution in [0.2, 0.25) is 0 Å². The largest absolute Gasteiger partial charge is 0.468 e. The molecule has 36 heavy (non-hydrogen) atoms. The number of hydrogen-bond acceptors (Lipinski definition) is 7. The maximum Gasteiger partial charge on any atom is 0.252 e. The summed E-state index contributed by atoms with van der Waals surface area (Å²) < 4.78 is 13.0. The van der Waals surface area contributed by atoms with Crippen molar-refractivity contribution in [1.29, 1.82) is 0 Å². The Balaban J connectivity index is 1.54. The van der Waals surface area contributed by atoms with Crippen LogP contribution < -0.4 is 5.56 Å². The van der Waals surface area contributed by atoms with Gasteiger partial charge >= 0.3 is 0 Å². The van der Waals surface area contributed by atoms with E-state index in [0.717, 1.165) is 28.8 Å². The lowest BCUT2D eigenvalue weighted by Crippen LogP contribution is -2.35. The van der Waals surface area contributed by atoms with E-state index >= 15 is 0 Å². The van der Waals surface area contributed by atoms with Crippen LogP contribution in [0, 0.1) is 5.92 Å². The van der Waals surface area contributed by atoms with Crippen molar-refractivity contribution in [1.82, 2.24) is 30.1 Å². The third kappa shape index (κ3) is 5.01. The van der Waals surface area contributed by atoms with Crippen LogP contribution >= 0.6 is 0 Å². The minimum absolute atomic E-state index is 0.103. The van der Waals surface area contributed by atoms with E-state index in [1.807, 2.05) is 36.4 Å². The monoisotopic (exact) mass is 486 g/mol. The minimum Gasteiger partial charge on any atom is -0.468 e. The van der Waals surface area contributed by atoms with Crippen molar-refractivity contribution in [2.75, 3.05) is 0 Å². The SMILES string of the molecule is CCc1ccc2[nH]c(=O)c(CN(Cc3ccco3)[C@@H](c3nnnn3Cc3ccco3)C(C)C)cc2c1. The molecule has 0 aliphatic rings. The zero-order valence-electron chi connectivity index (χ0n) is 20.7. The number of nitrogens with one attached hydrogen (secondary N) is 1. The molecule has 0 bridgehead atoms. The van der Waals surface area contributed by atoms with Crippen molar-refractivity contribution in [2.45, 2.75) is 52.9 Å². The Kier molecular flexibility index (Phi) is 6.81. The summed E-state index contributed by atoms with van der Waals surface area (Å²) in [7, 11) is 0. The Morgan fingerprint density at radius 3 is 2.50 bits per heavy atom. The van der Waals surface area contributed by atoms with Crippen LogP contribution in [0.3, 0.4) is 0 Å². The number of tetrazole rings is 1. The first-order chi connectivity index (χ1) is 17.5. The molecule has 5 aromatic rings. The Hall–Kier alpha value is -3.98. The van der Waals surface area contributed by atoms with Gasteiger partial charge in [-0.25, -0.2) is 4.68 Å². The van der Waals surface area contributed by atoms with Gasteiger partial charge in [0.05, 0.1) is 25.1 Å². The van der Waals surface area contributed by atoms with E-state index in [4.69, 9.17) is 8.83 Å². The van der Waals surface area contributed by atoms with E-state index in [-0.39, 0.29) is 17.5 Å². The number of rotatable bonds is 10. The molecule has 0 fully saturated rings. The van der Waals surface area contributed by atoms with E-state index in [2.05, 4.69) is 58.3 Å². The molecular formula is C27H30N6O3. The van der Waals surface area contributed by atoms with Gasteiger partial charge in [-0.05, 0) is 76.2 Å². The second kappa shape index (κ2) is 10.3. The molecule has 1 aromatic carbocycles. The van der Waals surface area contributed by atoms with Gasteiger partial charge < -0.3 is 13.8 Å². The Morgan fingerprint density at radius 2 is 1.81 bits per heavy atom. The fourth-order valence-electron chi connectivity index (χ4n) is 4.68. The van der Waals surface area contributed by atoms with Crippen molar-refractivity contribution in [3.05, 3.63) is 99.9 Å². The highest BCUT2D eigenvalue weighted by atomic mass is 16.3. The highest BCUT2D eigenvalue weighted by Crippen LogP contribution is 2.30. The molecule has 0 spiro atoms. The fourth-order valence-corrected chi connectivity index (χ4v) is 4.68. The lowest BCUT2D eigenvalue weighted by molar-refractivity contribution is 0.116. The number of benzene rings is 1. The summed E-state index contributed by atoms with van der Waals surface area (Å²) in [6.07, 6.45) is 4.23. The van der Waals surface area contributed by atoms with E-state index in [1.165, 1.54) is 5.56 Å². The summed E-state index contributed by atoms with van der Waals surface area (Å²) in [6, 6.07) is 15.5. The topological polar surface area (TPSA) is 106 Å². The highest BCUT2D eigenvalue weighted by Gasteiger charge is 2.31. The Labute approximate surface area is 208 Å².